The van der Waals surface area contributed by atoms with Gasteiger partial charge in [-0.25, -0.2) is 0 Å². The van der Waals surface area contributed by atoms with Crippen LogP contribution in [0.5, 0.6) is 11.5 Å². The van der Waals surface area contributed by atoms with Crippen LogP contribution in [0.1, 0.15) is 31.9 Å². The van der Waals surface area contributed by atoms with Crippen molar-refractivity contribution in [1.29, 1.82) is 0 Å². The van der Waals surface area contributed by atoms with Crippen molar-refractivity contribution in [3.05, 3.63) is 23.8 Å². The summed E-state index contributed by atoms with van der Waals surface area (Å²) in [4.78, 5) is 1.91. The lowest BCUT2D eigenvalue weighted by atomic mass is 10.0. The van der Waals surface area contributed by atoms with Gasteiger partial charge < -0.3 is 24.8 Å². The molecule has 1 aromatic rings. The summed E-state index contributed by atoms with van der Waals surface area (Å²) >= 11 is 0. The highest BCUT2D eigenvalue weighted by Crippen LogP contribution is 2.31. The van der Waals surface area contributed by atoms with Crippen LogP contribution in [0.4, 0.5) is 0 Å². The highest BCUT2D eigenvalue weighted by atomic mass is 16.5. The standard InChI is InChI=1S/C17H29NO5/c1-3-22-14-5-6-15(17(13-14)23-4-2)16(21)7-8-18(9-11-19)10-12-20/h5-6,13,16,19-21H,3-4,7-12H2,1-2H3. The lowest BCUT2D eigenvalue weighted by Crippen LogP contribution is -2.31. The van der Waals surface area contributed by atoms with Crippen LogP contribution >= 0.6 is 0 Å². The van der Waals surface area contributed by atoms with Crippen molar-refractivity contribution in [2.75, 3.05) is 46.1 Å². The predicted molar refractivity (Wildman–Crippen MR) is 89.0 cm³/mol. The highest BCUT2D eigenvalue weighted by Gasteiger charge is 2.16. The molecule has 23 heavy (non-hydrogen) atoms. The Labute approximate surface area is 138 Å². The molecule has 0 heterocycles. The van der Waals surface area contributed by atoms with Gasteiger partial charge in [0.15, 0.2) is 0 Å². The molecule has 0 saturated heterocycles. The van der Waals surface area contributed by atoms with E-state index in [1.54, 1.807) is 6.07 Å². The van der Waals surface area contributed by atoms with Gasteiger partial charge in [-0.05, 0) is 32.4 Å². The van der Waals surface area contributed by atoms with Gasteiger partial charge in [0.2, 0.25) is 0 Å². The Morgan fingerprint density at radius 3 is 2.22 bits per heavy atom. The molecule has 0 saturated carbocycles. The average molecular weight is 327 g/mol. The van der Waals surface area contributed by atoms with Crippen molar-refractivity contribution in [2.45, 2.75) is 26.4 Å². The number of rotatable bonds is 12. The van der Waals surface area contributed by atoms with E-state index in [4.69, 9.17) is 19.7 Å². The van der Waals surface area contributed by atoms with Gasteiger partial charge in [0.05, 0.1) is 32.5 Å². The van der Waals surface area contributed by atoms with Crippen LogP contribution in [0.25, 0.3) is 0 Å². The molecule has 0 aromatic heterocycles. The molecule has 0 aliphatic rings. The summed E-state index contributed by atoms with van der Waals surface area (Å²) in [6.07, 6.45) is -0.180. The van der Waals surface area contributed by atoms with Gasteiger partial charge >= 0.3 is 0 Å². The Kier molecular flexibility index (Phi) is 9.63. The fourth-order valence-corrected chi connectivity index (χ4v) is 2.41. The van der Waals surface area contributed by atoms with E-state index < -0.39 is 6.10 Å². The number of hydrogen-bond donors (Lipinski definition) is 3. The molecule has 1 aromatic carbocycles. The summed E-state index contributed by atoms with van der Waals surface area (Å²) in [5.74, 6) is 1.34. The first kappa shape index (κ1) is 19.7. The van der Waals surface area contributed by atoms with Gasteiger partial charge in [-0.3, -0.25) is 4.90 Å². The Bertz CT molecular complexity index is 435. The fourth-order valence-electron chi connectivity index (χ4n) is 2.41. The van der Waals surface area contributed by atoms with Crippen LogP contribution in [0.3, 0.4) is 0 Å². The molecule has 6 nitrogen and oxygen atoms in total. The van der Waals surface area contributed by atoms with Crippen molar-refractivity contribution >= 4 is 0 Å². The molecule has 0 amide bonds. The van der Waals surface area contributed by atoms with E-state index in [1.807, 2.05) is 30.9 Å². The number of aliphatic hydroxyl groups excluding tert-OH is 3. The van der Waals surface area contributed by atoms with Crippen LogP contribution < -0.4 is 9.47 Å². The van der Waals surface area contributed by atoms with Crippen LogP contribution in [0.15, 0.2) is 18.2 Å². The van der Waals surface area contributed by atoms with E-state index in [0.29, 0.717) is 50.8 Å². The molecule has 0 aliphatic heterocycles. The van der Waals surface area contributed by atoms with Crippen LogP contribution in [-0.4, -0.2) is 66.3 Å². The number of aliphatic hydroxyl groups is 3. The summed E-state index contributed by atoms with van der Waals surface area (Å²) in [5, 5.41) is 28.5. The van der Waals surface area contributed by atoms with E-state index in [0.717, 1.165) is 5.56 Å². The zero-order chi connectivity index (χ0) is 17.1. The smallest absolute Gasteiger partial charge is 0.128 e. The Balaban J connectivity index is 2.74. The topological polar surface area (TPSA) is 82.4 Å². The second-order valence-corrected chi connectivity index (χ2v) is 5.16. The third-order valence-corrected chi connectivity index (χ3v) is 3.51. The molecule has 0 spiro atoms. The van der Waals surface area contributed by atoms with Crippen molar-refractivity contribution in [1.82, 2.24) is 4.90 Å². The lowest BCUT2D eigenvalue weighted by molar-refractivity contribution is 0.116. The lowest BCUT2D eigenvalue weighted by Gasteiger charge is -2.23. The molecular weight excluding hydrogens is 298 g/mol. The van der Waals surface area contributed by atoms with Gasteiger partial charge in [-0.15, -0.1) is 0 Å². The van der Waals surface area contributed by atoms with Gasteiger partial charge in [0, 0.05) is 31.3 Å². The SMILES string of the molecule is CCOc1ccc(C(O)CCN(CCO)CCO)c(OCC)c1. The van der Waals surface area contributed by atoms with Gasteiger partial charge in [-0.1, -0.05) is 0 Å². The Morgan fingerprint density at radius 2 is 1.65 bits per heavy atom. The number of hydrogen-bond acceptors (Lipinski definition) is 6. The van der Waals surface area contributed by atoms with Gasteiger partial charge in [0.1, 0.15) is 11.5 Å². The Morgan fingerprint density at radius 1 is 1.00 bits per heavy atom. The largest absolute Gasteiger partial charge is 0.494 e. The zero-order valence-electron chi connectivity index (χ0n) is 14.1. The number of ether oxygens (including phenoxy) is 2. The summed E-state index contributed by atoms with van der Waals surface area (Å²) < 4.78 is 11.1. The molecule has 6 heteroatoms. The third-order valence-electron chi connectivity index (χ3n) is 3.51. The van der Waals surface area contributed by atoms with E-state index in [9.17, 15) is 5.11 Å². The maximum atomic E-state index is 10.5. The van der Waals surface area contributed by atoms with Crippen molar-refractivity contribution in [3.8, 4) is 11.5 Å². The van der Waals surface area contributed by atoms with Crippen LogP contribution in [0.2, 0.25) is 0 Å². The first-order chi connectivity index (χ1) is 11.2. The summed E-state index contributed by atoms with van der Waals surface area (Å²) in [5.41, 5.74) is 0.725. The third kappa shape index (κ3) is 6.74. The van der Waals surface area contributed by atoms with Crippen molar-refractivity contribution in [2.24, 2.45) is 0 Å². The minimum atomic E-state index is -0.674. The summed E-state index contributed by atoms with van der Waals surface area (Å²) in [6.45, 7) is 6.51. The van der Waals surface area contributed by atoms with Crippen molar-refractivity contribution < 1.29 is 24.8 Å². The first-order valence-corrected chi connectivity index (χ1v) is 8.17. The number of nitrogens with zero attached hydrogens (tertiary/aromatic N) is 1. The van der Waals surface area contributed by atoms with Crippen molar-refractivity contribution in [3.63, 3.8) is 0 Å². The fraction of sp³-hybridized carbons (Fsp3) is 0.647. The molecule has 0 aliphatic carbocycles. The second-order valence-electron chi connectivity index (χ2n) is 5.16. The zero-order valence-corrected chi connectivity index (χ0v) is 14.1. The molecular formula is C17H29NO5. The minimum absolute atomic E-state index is 0.0311. The molecule has 0 radical (unpaired) electrons. The average Bonchev–Trinajstić information content (AvgIpc) is 2.54. The van der Waals surface area contributed by atoms with E-state index in [2.05, 4.69) is 0 Å². The molecule has 132 valence electrons. The van der Waals surface area contributed by atoms with Crippen LogP contribution in [-0.2, 0) is 0 Å². The minimum Gasteiger partial charge on any atom is -0.494 e. The van der Waals surface area contributed by atoms with Gasteiger partial charge in [-0.2, -0.15) is 0 Å². The predicted octanol–water partition coefficient (Wildman–Crippen LogP) is 1.19. The monoisotopic (exact) mass is 327 g/mol. The maximum Gasteiger partial charge on any atom is 0.128 e. The summed E-state index contributed by atoms with van der Waals surface area (Å²) in [6, 6.07) is 5.44. The summed E-state index contributed by atoms with van der Waals surface area (Å²) in [7, 11) is 0. The van der Waals surface area contributed by atoms with E-state index in [-0.39, 0.29) is 13.2 Å². The second kappa shape index (κ2) is 11.2. The molecule has 1 unspecified atom stereocenters. The molecule has 3 N–H and O–H groups in total. The number of benzene rings is 1. The first-order valence-electron chi connectivity index (χ1n) is 8.17. The van der Waals surface area contributed by atoms with Crippen LogP contribution in [0, 0.1) is 0 Å². The maximum absolute atomic E-state index is 10.5. The normalized spacial score (nSPS) is 12.4. The van der Waals surface area contributed by atoms with E-state index >= 15 is 0 Å². The highest BCUT2D eigenvalue weighted by molar-refractivity contribution is 5.42. The molecule has 1 atom stereocenters. The molecule has 1 rings (SSSR count). The molecule has 0 bridgehead atoms. The molecule has 0 fully saturated rings. The van der Waals surface area contributed by atoms with E-state index in [1.165, 1.54) is 0 Å². The quantitative estimate of drug-likeness (QED) is 0.535. The van der Waals surface area contributed by atoms with Gasteiger partial charge in [0.25, 0.3) is 0 Å². The Hall–Kier alpha value is -1.34.